The Labute approximate surface area is 126 Å². The minimum atomic E-state index is -0.480. The van der Waals surface area contributed by atoms with Gasteiger partial charge in [0.2, 0.25) is 0 Å². The molecule has 4 nitrogen and oxygen atoms in total. The van der Waals surface area contributed by atoms with Gasteiger partial charge in [0.05, 0.1) is 11.4 Å². The fourth-order valence-corrected chi connectivity index (χ4v) is 1.86. The van der Waals surface area contributed by atoms with Crippen LogP contribution in [0.4, 0.5) is 15.8 Å². The first-order valence-corrected chi connectivity index (χ1v) is 6.57. The van der Waals surface area contributed by atoms with Crippen LogP contribution in [-0.2, 0) is 4.79 Å². The Hall–Kier alpha value is -2.27. The summed E-state index contributed by atoms with van der Waals surface area (Å²) in [6.45, 7) is 1.62. The van der Waals surface area contributed by atoms with Crippen molar-refractivity contribution in [1.82, 2.24) is 0 Å². The molecule has 0 bridgehead atoms. The molecular weight excluding hydrogens is 295 g/mol. The van der Waals surface area contributed by atoms with E-state index in [2.05, 4.69) is 5.32 Å². The lowest BCUT2D eigenvalue weighted by atomic mass is 10.2. The number of hydrogen-bond acceptors (Lipinski definition) is 3. The van der Waals surface area contributed by atoms with Gasteiger partial charge in [-0.2, -0.15) is 0 Å². The maximum Gasteiger partial charge on any atom is 0.262 e. The first-order chi connectivity index (χ1) is 9.95. The largest absolute Gasteiger partial charge is 0.483 e. The van der Waals surface area contributed by atoms with E-state index in [0.717, 1.165) is 11.6 Å². The first kappa shape index (κ1) is 15.1. The third-order valence-corrected chi connectivity index (χ3v) is 3.03. The van der Waals surface area contributed by atoms with E-state index in [1.54, 1.807) is 18.2 Å². The molecule has 0 aliphatic carbocycles. The highest BCUT2D eigenvalue weighted by atomic mass is 35.5. The summed E-state index contributed by atoms with van der Waals surface area (Å²) in [4.78, 5) is 11.8. The molecule has 0 aliphatic heterocycles. The molecule has 110 valence electrons. The van der Waals surface area contributed by atoms with E-state index in [1.807, 2.05) is 6.92 Å². The summed E-state index contributed by atoms with van der Waals surface area (Å²) in [7, 11) is 0. The Morgan fingerprint density at radius 1 is 1.33 bits per heavy atom. The van der Waals surface area contributed by atoms with Crippen molar-refractivity contribution >= 4 is 28.9 Å². The summed E-state index contributed by atoms with van der Waals surface area (Å²) in [6.07, 6.45) is 0. The van der Waals surface area contributed by atoms with E-state index in [9.17, 15) is 9.18 Å². The zero-order chi connectivity index (χ0) is 15.4. The lowest BCUT2D eigenvalue weighted by Gasteiger charge is -2.11. The molecule has 6 heteroatoms. The molecule has 0 unspecified atom stereocenters. The maximum absolute atomic E-state index is 13.1. The van der Waals surface area contributed by atoms with Gasteiger partial charge in [0.25, 0.3) is 5.91 Å². The second kappa shape index (κ2) is 6.45. The summed E-state index contributed by atoms with van der Waals surface area (Å²) in [6, 6.07) is 8.90. The monoisotopic (exact) mass is 308 g/mol. The maximum atomic E-state index is 13.1. The van der Waals surface area contributed by atoms with Gasteiger partial charge >= 0.3 is 0 Å². The SMILES string of the molecule is Cc1ccc(Cl)cc1OCC(=O)Nc1cc(F)ccc1N. The highest BCUT2D eigenvalue weighted by Crippen LogP contribution is 2.23. The number of halogens is 2. The summed E-state index contributed by atoms with van der Waals surface area (Å²) in [5.41, 5.74) is 7.00. The molecule has 0 saturated heterocycles. The average Bonchev–Trinajstić information content (AvgIpc) is 2.44. The molecule has 2 aromatic rings. The van der Waals surface area contributed by atoms with Crippen molar-refractivity contribution in [2.75, 3.05) is 17.7 Å². The van der Waals surface area contributed by atoms with Gasteiger partial charge in [0.1, 0.15) is 11.6 Å². The second-order valence-corrected chi connectivity index (χ2v) is 4.91. The standard InChI is InChI=1S/C15H14ClFN2O2/c1-9-2-3-10(16)6-14(9)21-8-15(20)19-13-7-11(17)4-5-12(13)18/h2-7H,8,18H2,1H3,(H,19,20). The van der Waals surface area contributed by atoms with Crippen LogP contribution in [0.5, 0.6) is 5.75 Å². The molecule has 21 heavy (non-hydrogen) atoms. The summed E-state index contributed by atoms with van der Waals surface area (Å²) >= 11 is 5.86. The van der Waals surface area contributed by atoms with Crippen molar-refractivity contribution in [3.63, 3.8) is 0 Å². The van der Waals surface area contributed by atoms with Gasteiger partial charge in [-0.3, -0.25) is 4.79 Å². The topological polar surface area (TPSA) is 64.3 Å². The van der Waals surface area contributed by atoms with Crippen LogP contribution in [-0.4, -0.2) is 12.5 Å². The van der Waals surface area contributed by atoms with Crippen LogP contribution in [0.2, 0.25) is 5.02 Å². The van der Waals surface area contributed by atoms with E-state index >= 15 is 0 Å². The predicted octanol–water partition coefficient (Wildman–Crippen LogP) is 3.39. The van der Waals surface area contributed by atoms with E-state index in [4.69, 9.17) is 22.1 Å². The smallest absolute Gasteiger partial charge is 0.262 e. The van der Waals surface area contributed by atoms with Gasteiger partial charge in [-0.25, -0.2) is 4.39 Å². The number of aryl methyl sites for hydroxylation is 1. The third kappa shape index (κ3) is 4.10. The Morgan fingerprint density at radius 2 is 2.10 bits per heavy atom. The minimum Gasteiger partial charge on any atom is -0.483 e. The fourth-order valence-electron chi connectivity index (χ4n) is 1.70. The molecule has 0 aromatic heterocycles. The number of rotatable bonds is 4. The van der Waals surface area contributed by atoms with Crippen molar-refractivity contribution in [1.29, 1.82) is 0 Å². The van der Waals surface area contributed by atoms with Crippen molar-refractivity contribution in [2.24, 2.45) is 0 Å². The van der Waals surface area contributed by atoms with Gasteiger partial charge < -0.3 is 15.8 Å². The van der Waals surface area contributed by atoms with Crippen LogP contribution in [0, 0.1) is 12.7 Å². The Kier molecular flexibility index (Phi) is 4.65. The van der Waals surface area contributed by atoms with Crippen molar-refractivity contribution < 1.29 is 13.9 Å². The van der Waals surface area contributed by atoms with Gasteiger partial charge in [-0.15, -0.1) is 0 Å². The van der Waals surface area contributed by atoms with E-state index in [0.29, 0.717) is 10.8 Å². The molecular formula is C15H14ClFN2O2. The van der Waals surface area contributed by atoms with Crippen LogP contribution in [0.3, 0.4) is 0 Å². The second-order valence-electron chi connectivity index (χ2n) is 4.48. The number of benzene rings is 2. The molecule has 0 aliphatic rings. The number of nitrogens with one attached hydrogen (secondary N) is 1. The molecule has 2 rings (SSSR count). The molecule has 1 amide bonds. The Morgan fingerprint density at radius 3 is 2.86 bits per heavy atom. The lowest BCUT2D eigenvalue weighted by Crippen LogP contribution is -2.21. The average molecular weight is 309 g/mol. The molecule has 0 heterocycles. The van der Waals surface area contributed by atoms with Crippen LogP contribution < -0.4 is 15.8 Å². The van der Waals surface area contributed by atoms with E-state index < -0.39 is 11.7 Å². The number of nitrogens with two attached hydrogens (primary N) is 1. The quantitative estimate of drug-likeness (QED) is 0.851. The number of nitrogen functional groups attached to an aromatic ring is 1. The van der Waals surface area contributed by atoms with E-state index in [1.165, 1.54) is 12.1 Å². The van der Waals surface area contributed by atoms with Crippen LogP contribution >= 0.6 is 11.6 Å². The molecule has 2 aromatic carbocycles. The zero-order valence-corrected chi connectivity index (χ0v) is 12.1. The first-order valence-electron chi connectivity index (χ1n) is 6.19. The van der Waals surface area contributed by atoms with Gasteiger partial charge in [-0.1, -0.05) is 17.7 Å². The number of hydrogen-bond donors (Lipinski definition) is 2. The zero-order valence-electron chi connectivity index (χ0n) is 11.3. The minimum absolute atomic E-state index is 0.214. The Bertz CT molecular complexity index is 677. The predicted molar refractivity (Wildman–Crippen MR) is 81.1 cm³/mol. The van der Waals surface area contributed by atoms with Gasteiger partial charge in [0, 0.05) is 5.02 Å². The lowest BCUT2D eigenvalue weighted by molar-refractivity contribution is -0.118. The van der Waals surface area contributed by atoms with Crippen LogP contribution in [0.25, 0.3) is 0 Å². The van der Waals surface area contributed by atoms with Crippen LogP contribution in [0.15, 0.2) is 36.4 Å². The summed E-state index contributed by atoms with van der Waals surface area (Å²) < 4.78 is 18.5. The number of anilines is 2. The van der Waals surface area contributed by atoms with Crippen molar-refractivity contribution in [2.45, 2.75) is 6.92 Å². The molecule has 0 saturated carbocycles. The van der Waals surface area contributed by atoms with Crippen LogP contribution in [0.1, 0.15) is 5.56 Å². The normalized spacial score (nSPS) is 10.2. The van der Waals surface area contributed by atoms with Crippen molar-refractivity contribution in [3.8, 4) is 5.75 Å². The van der Waals surface area contributed by atoms with E-state index in [-0.39, 0.29) is 18.0 Å². The highest BCUT2D eigenvalue weighted by molar-refractivity contribution is 6.30. The number of carbonyl (C=O) groups is 1. The third-order valence-electron chi connectivity index (χ3n) is 2.80. The summed E-state index contributed by atoms with van der Waals surface area (Å²) in [5, 5.41) is 3.01. The molecule has 0 radical (unpaired) electrons. The van der Waals surface area contributed by atoms with Gasteiger partial charge in [-0.05, 0) is 42.8 Å². The number of carbonyl (C=O) groups excluding carboxylic acids is 1. The fraction of sp³-hybridized carbons (Fsp3) is 0.133. The number of amides is 1. The summed E-state index contributed by atoms with van der Waals surface area (Å²) in [5.74, 6) is -0.400. The molecule has 3 N–H and O–H groups in total. The highest BCUT2D eigenvalue weighted by Gasteiger charge is 2.08. The number of ether oxygens (including phenoxy) is 1. The molecule has 0 spiro atoms. The van der Waals surface area contributed by atoms with Crippen molar-refractivity contribution in [3.05, 3.63) is 52.8 Å². The molecule has 0 atom stereocenters. The Balaban J connectivity index is 1.99. The molecule has 0 fully saturated rings. The van der Waals surface area contributed by atoms with Gasteiger partial charge in [0.15, 0.2) is 6.61 Å².